The van der Waals surface area contributed by atoms with Crippen LogP contribution in [0, 0.1) is 5.92 Å². The van der Waals surface area contributed by atoms with E-state index in [1.54, 1.807) is 11.0 Å². The summed E-state index contributed by atoms with van der Waals surface area (Å²) in [6, 6.07) is 0. The van der Waals surface area contributed by atoms with E-state index in [9.17, 15) is 24.3 Å². The Labute approximate surface area is 197 Å². The van der Waals surface area contributed by atoms with E-state index in [0.717, 1.165) is 18.9 Å². The number of allylic oxidation sites excluding steroid dienone is 6. The SMILES string of the molecule is CC[C@H](C)/C=C(C)/C=C/C1=CC2=C(Cl)C(=O)[C@](O)(OC(C)=O)C(=O)C2=CN1CCCC(=O)O. The summed E-state index contributed by atoms with van der Waals surface area (Å²) < 4.78 is 4.64. The molecule has 0 fully saturated rings. The molecule has 9 heteroatoms. The van der Waals surface area contributed by atoms with Crippen LogP contribution in [-0.4, -0.2) is 50.9 Å². The van der Waals surface area contributed by atoms with Gasteiger partial charge in [0.1, 0.15) is 0 Å². The Bertz CT molecular complexity index is 1020. The molecular weight excluding hydrogens is 450 g/mol. The first kappa shape index (κ1) is 26.3. The Kier molecular flexibility index (Phi) is 8.57. The van der Waals surface area contributed by atoms with E-state index < -0.39 is 34.3 Å². The second kappa shape index (κ2) is 10.8. The minimum Gasteiger partial charge on any atom is -0.481 e. The molecule has 33 heavy (non-hydrogen) atoms. The molecule has 0 aromatic carbocycles. The van der Waals surface area contributed by atoms with E-state index in [1.165, 1.54) is 12.3 Å². The normalized spacial score (nSPS) is 22.2. The Morgan fingerprint density at radius 1 is 1.27 bits per heavy atom. The maximum Gasteiger partial charge on any atom is 0.341 e. The average molecular weight is 478 g/mol. The van der Waals surface area contributed by atoms with Crippen molar-refractivity contribution in [3.63, 3.8) is 0 Å². The number of carboxylic acid groups (broad SMARTS) is 1. The van der Waals surface area contributed by atoms with Crippen LogP contribution < -0.4 is 0 Å². The standard InChI is InChI=1S/C24H28ClNO7/c1-5-14(2)11-15(3)8-9-17-12-18-19(13-26(17)10-6-7-20(28)29)22(30)24(32,33-16(4)27)23(31)21(18)25/h8-9,11-14,32H,5-7,10H2,1-4H3,(H,28,29)/b9-8+,15-11+/t14-,24+/m0/s1. The summed E-state index contributed by atoms with van der Waals surface area (Å²) in [4.78, 5) is 49.5. The van der Waals surface area contributed by atoms with Gasteiger partial charge in [-0.05, 0) is 31.4 Å². The summed E-state index contributed by atoms with van der Waals surface area (Å²) in [5.74, 6) is -6.97. The second-order valence-corrected chi connectivity index (χ2v) is 8.43. The third-order valence-electron chi connectivity index (χ3n) is 5.28. The first-order valence-corrected chi connectivity index (χ1v) is 11.0. The van der Waals surface area contributed by atoms with E-state index in [2.05, 4.69) is 24.7 Å². The second-order valence-electron chi connectivity index (χ2n) is 8.06. The van der Waals surface area contributed by atoms with E-state index in [1.807, 2.05) is 13.0 Å². The summed E-state index contributed by atoms with van der Waals surface area (Å²) in [7, 11) is 0. The third-order valence-corrected chi connectivity index (χ3v) is 5.66. The lowest BCUT2D eigenvalue weighted by atomic mass is 9.84. The van der Waals surface area contributed by atoms with Gasteiger partial charge in [-0.1, -0.05) is 49.6 Å². The van der Waals surface area contributed by atoms with Gasteiger partial charge in [0.2, 0.25) is 5.78 Å². The van der Waals surface area contributed by atoms with Gasteiger partial charge in [-0.3, -0.25) is 19.2 Å². The quantitative estimate of drug-likeness (QED) is 0.224. The smallest absolute Gasteiger partial charge is 0.341 e. The molecule has 1 heterocycles. The number of esters is 1. The highest BCUT2D eigenvalue weighted by atomic mass is 35.5. The Morgan fingerprint density at radius 3 is 2.52 bits per heavy atom. The number of ketones is 2. The molecule has 0 aromatic heterocycles. The number of ether oxygens (including phenoxy) is 1. The molecule has 0 unspecified atom stereocenters. The van der Waals surface area contributed by atoms with Crippen molar-refractivity contribution in [2.75, 3.05) is 6.54 Å². The lowest BCUT2D eigenvalue weighted by Crippen LogP contribution is -2.54. The molecule has 0 saturated heterocycles. The molecule has 1 aliphatic carbocycles. The average Bonchev–Trinajstić information content (AvgIpc) is 2.74. The van der Waals surface area contributed by atoms with E-state index >= 15 is 0 Å². The number of rotatable bonds is 9. The van der Waals surface area contributed by atoms with Gasteiger partial charge in [0.15, 0.2) is 0 Å². The zero-order chi connectivity index (χ0) is 24.9. The van der Waals surface area contributed by atoms with Crippen molar-refractivity contribution in [3.8, 4) is 0 Å². The summed E-state index contributed by atoms with van der Waals surface area (Å²) >= 11 is 6.19. The van der Waals surface area contributed by atoms with Crippen molar-refractivity contribution in [2.24, 2.45) is 5.92 Å². The highest BCUT2D eigenvalue weighted by molar-refractivity contribution is 6.49. The van der Waals surface area contributed by atoms with Crippen molar-refractivity contribution >= 4 is 35.1 Å². The van der Waals surface area contributed by atoms with E-state index in [0.29, 0.717) is 11.6 Å². The molecule has 0 bridgehead atoms. The first-order chi connectivity index (χ1) is 15.4. The summed E-state index contributed by atoms with van der Waals surface area (Å²) in [5.41, 5.74) is 1.57. The van der Waals surface area contributed by atoms with Crippen LogP contribution in [0.3, 0.4) is 0 Å². The number of aliphatic carboxylic acids is 1. The minimum absolute atomic E-state index is 0.0864. The largest absolute Gasteiger partial charge is 0.481 e. The number of fused-ring (bicyclic) bond motifs is 1. The highest BCUT2D eigenvalue weighted by Gasteiger charge is 2.55. The van der Waals surface area contributed by atoms with Gasteiger partial charge in [-0.2, -0.15) is 0 Å². The predicted octanol–water partition coefficient (Wildman–Crippen LogP) is 3.38. The fraction of sp³-hybridized carbons (Fsp3) is 0.417. The van der Waals surface area contributed by atoms with Crippen LogP contribution in [0.5, 0.6) is 0 Å². The molecular formula is C24H28ClNO7. The Morgan fingerprint density at radius 2 is 1.94 bits per heavy atom. The van der Waals surface area contributed by atoms with Crippen LogP contribution in [0.2, 0.25) is 0 Å². The number of hydrogen-bond acceptors (Lipinski definition) is 7. The molecule has 8 nitrogen and oxygen atoms in total. The number of nitrogens with zero attached hydrogens (tertiary/aromatic N) is 1. The van der Waals surface area contributed by atoms with Gasteiger partial charge in [0.05, 0.1) is 10.6 Å². The van der Waals surface area contributed by atoms with Crippen LogP contribution >= 0.6 is 11.6 Å². The maximum atomic E-state index is 12.9. The summed E-state index contributed by atoms with van der Waals surface area (Å²) in [6.07, 6.45) is 9.84. The lowest BCUT2D eigenvalue weighted by Gasteiger charge is -2.34. The molecule has 2 aliphatic rings. The van der Waals surface area contributed by atoms with Crippen LogP contribution in [0.15, 0.2) is 58.0 Å². The number of carboxylic acids is 1. The highest BCUT2D eigenvalue weighted by Crippen LogP contribution is 2.38. The van der Waals surface area contributed by atoms with Crippen LogP contribution in [0.4, 0.5) is 0 Å². The molecule has 1 aliphatic heterocycles. The number of carbonyl (C=O) groups is 4. The number of Topliss-reactive ketones (excluding diaryl/α,β-unsaturated/α-hetero) is 2. The fourth-order valence-corrected chi connectivity index (χ4v) is 3.69. The van der Waals surface area contributed by atoms with Crippen molar-refractivity contribution in [2.45, 2.75) is 52.7 Å². The number of hydrogen-bond donors (Lipinski definition) is 2. The van der Waals surface area contributed by atoms with Gasteiger partial charge in [0, 0.05) is 37.4 Å². The Hall–Kier alpha value is -2.97. The van der Waals surface area contributed by atoms with Crippen molar-refractivity contribution in [3.05, 3.63) is 58.0 Å². The molecule has 0 spiro atoms. The van der Waals surface area contributed by atoms with Gasteiger partial charge in [0.25, 0.3) is 5.78 Å². The molecule has 2 N–H and O–H groups in total. The first-order valence-electron chi connectivity index (χ1n) is 10.6. The third kappa shape index (κ3) is 6.09. The number of halogens is 1. The van der Waals surface area contributed by atoms with Crippen molar-refractivity contribution in [1.82, 2.24) is 4.90 Å². The topological polar surface area (TPSA) is 121 Å². The van der Waals surface area contributed by atoms with Crippen molar-refractivity contribution in [1.29, 1.82) is 0 Å². The molecule has 178 valence electrons. The van der Waals surface area contributed by atoms with Crippen LogP contribution in [0.25, 0.3) is 0 Å². The van der Waals surface area contributed by atoms with Gasteiger partial charge in [-0.15, -0.1) is 0 Å². The van der Waals surface area contributed by atoms with E-state index in [4.69, 9.17) is 16.7 Å². The maximum absolute atomic E-state index is 12.9. The molecule has 2 rings (SSSR count). The lowest BCUT2D eigenvalue weighted by molar-refractivity contribution is -0.205. The predicted molar refractivity (Wildman–Crippen MR) is 122 cm³/mol. The zero-order valence-electron chi connectivity index (χ0n) is 19.1. The Balaban J connectivity index is 2.52. The summed E-state index contributed by atoms with van der Waals surface area (Å²) in [5, 5.41) is 19.1. The number of carbonyl (C=O) groups excluding carboxylic acids is 3. The van der Waals surface area contributed by atoms with Crippen LogP contribution in [-0.2, 0) is 23.9 Å². The molecule has 0 radical (unpaired) electrons. The molecule has 0 saturated carbocycles. The van der Waals surface area contributed by atoms with Crippen molar-refractivity contribution < 1.29 is 34.1 Å². The van der Waals surface area contributed by atoms with Gasteiger partial charge >= 0.3 is 17.7 Å². The fourth-order valence-electron chi connectivity index (χ4n) is 3.41. The summed E-state index contributed by atoms with van der Waals surface area (Å²) in [6.45, 7) is 7.33. The molecule has 0 amide bonds. The molecule has 0 aromatic rings. The van der Waals surface area contributed by atoms with Gasteiger partial charge in [-0.25, -0.2) is 0 Å². The minimum atomic E-state index is -3.04. The molecule has 2 atom stereocenters. The number of aliphatic hydroxyl groups is 1. The monoisotopic (exact) mass is 477 g/mol. The zero-order valence-corrected chi connectivity index (χ0v) is 19.8. The van der Waals surface area contributed by atoms with E-state index in [-0.39, 0.29) is 30.5 Å². The van der Waals surface area contributed by atoms with Crippen LogP contribution in [0.1, 0.15) is 47.0 Å². The van der Waals surface area contributed by atoms with Gasteiger partial charge < -0.3 is 19.8 Å².